The molecule has 0 saturated heterocycles. The first-order valence-electron chi connectivity index (χ1n) is 5.49. The molecule has 2 unspecified atom stereocenters. The van der Waals surface area contributed by atoms with Gasteiger partial charge in [-0.05, 0) is 40.4 Å². The average Bonchev–Trinajstić information content (AvgIpc) is 2.14. The topological polar surface area (TPSA) is 26.0 Å². The molecule has 16 heavy (non-hydrogen) atoms. The number of benzene rings is 1. The minimum atomic E-state index is 0.178. The van der Waals surface area contributed by atoms with Gasteiger partial charge in [0, 0.05) is 20.7 Å². The maximum Gasteiger partial charge on any atom is 0.0311 e. The van der Waals surface area contributed by atoms with Crippen LogP contribution < -0.4 is 5.73 Å². The van der Waals surface area contributed by atoms with Crippen molar-refractivity contribution in [2.45, 2.75) is 43.9 Å². The summed E-state index contributed by atoms with van der Waals surface area (Å²) in [5, 5.41) is 0.409. The van der Waals surface area contributed by atoms with E-state index in [0.717, 1.165) is 4.47 Å². The van der Waals surface area contributed by atoms with Gasteiger partial charge in [0.25, 0.3) is 0 Å². The second kappa shape index (κ2) is 5.56. The summed E-state index contributed by atoms with van der Waals surface area (Å²) in [6.07, 6.45) is 0. The molecule has 0 radical (unpaired) electrons. The summed E-state index contributed by atoms with van der Waals surface area (Å²) in [5.74, 6) is 0. The lowest BCUT2D eigenvalue weighted by molar-refractivity contribution is 0.363. The Morgan fingerprint density at radius 2 is 1.81 bits per heavy atom. The van der Waals surface area contributed by atoms with Gasteiger partial charge in [-0.25, -0.2) is 0 Å². The normalized spacial score (nSPS) is 15.9. The minimum absolute atomic E-state index is 0.178. The zero-order valence-corrected chi connectivity index (χ0v) is 12.7. The number of thioether (sulfide) groups is 1. The van der Waals surface area contributed by atoms with Gasteiger partial charge in [-0.15, -0.1) is 11.8 Å². The Morgan fingerprint density at radius 1 is 1.25 bits per heavy atom. The van der Waals surface area contributed by atoms with Crippen molar-refractivity contribution in [3.8, 4) is 0 Å². The SMILES string of the molecule is CC(N)C(Sc1ccccc1Br)C(C)(C)C. The lowest BCUT2D eigenvalue weighted by atomic mass is 9.88. The predicted molar refractivity (Wildman–Crippen MR) is 76.9 cm³/mol. The van der Waals surface area contributed by atoms with E-state index in [9.17, 15) is 0 Å². The molecular formula is C13H20BrNS. The van der Waals surface area contributed by atoms with Gasteiger partial charge in [-0.1, -0.05) is 32.9 Å². The van der Waals surface area contributed by atoms with E-state index < -0.39 is 0 Å². The van der Waals surface area contributed by atoms with Crippen LogP contribution in [0.15, 0.2) is 33.6 Å². The van der Waals surface area contributed by atoms with Crippen LogP contribution in [0.4, 0.5) is 0 Å². The molecular weight excluding hydrogens is 282 g/mol. The number of nitrogens with two attached hydrogens (primary N) is 1. The van der Waals surface area contributed by atoms with Crippen LogP contribution in [0, 0.1) is 5.41 Å². The second-order valence-corrected chi connectivity index (χ2v) is 7.23. The van der Waals surface area contributed by atoms with Gasteiger partial charge in [0.2, 0.25) is 0 Å². The fourth-order valence-electron chi connectivity index (χ4n) is 1.75. The third-order valence-corrected chi connectivity index (χ3v) is 5.38. The molecule has 2 N–H and O–H groups in total. The Morgan fingerprint density at radius 3 is 2.25 bits per heavy atom. The Hall–Kier alpha value is 0.01000. The van der Waals surface area contributed by atoms with Crippen LogP contribution in [-0.2, 0) is 0 Å². The summed E-state index contributed by atoms with van der Waals surface area (Å²) >= 11 is 5.44. The first kappa shape index (κ1) is 14.1. The molecule has 0 fully saturated rings. The minimum Gasteiger partial charge on any atom is -0.327 e. The van der Waals surface area contributed by atoms with Crippen LogP contribution in [0.2, 0.25) is 0 Å². The van der Waals surface area contributed by atoms with Crippen molar-refractivity contribution in [3.63, 3.8) is 0 Å². The van der Waals surface area contributed by atoms with E-state index >= 15 is 0 Å². The molecule has 90 valence electrons. The Kier molecular flexibility index (Phi) is 4.89. The lowest BCUT2D eigenvalue weighted by Gasteiger charge is -2.33. The quantitative estimate of drug-likeness (QED) is 0.842. The van der Waals surface area contributed by atoms with Crippen LogP contribution >= 0.6 is 27.7 Å². The Balaban J connectivity index is 2.89. The summed E-state index contributed by atoms with van der Waals surface area (Å²) < 4.78 is 1.15. The van der Waals surface area contributed by atoms with Crippen molar-refractivity contribution in [1.29, 1.82) is 0 Å². The van der Waals surface area contributed by atoms with Crippen molar-refractivity contribution < 1.29 is 0 Å². The monoisotopic (exact) mass is 301 g/mol. The molecule has 1 aromatic carbocycles. The fraction of sp³-hybridized carbons (Fsp3) is 0.538. The number of halogens is 1. The van der Waals surface area contributed by atoms with Gasteiger partial charge in [0.15, 0.2) is 0 Å². The lowest BCUT2D eigenvalue weighted by Crippen LogP contribution is -2.38. The molecule has 0 heterocycles. The van der Waals surface area contributed by atoms with Crippen molar-refractivity contribution in [2.75, 3.05) is 0 Å². The average molecular weight is 302 g/mol. The van der Waals surface area contributed by atoms with Crippen molar-refractivity contribution in [2.24, 2.45) is 11.1 Å². The second-order valence-electron chi connectivity index (χ2n) is 5.19. The zero-order valence-electron chi connectivity index (χ0n) is 10.3. The van der Waals surface area contributed by atoms with Gasteiger partial charge in [-0.3, -0.25) is 0 Å². The molecule has 2 atom stereocenters. The highest BCUT2D eigenvalue weighted by atomic mass is 79.9. The van der Waals surface area contributed by atoms with Gasteiger partial charge >= 0.3 is 0 Å². The van der Waals surface area contributed by atoms with E-state index in [0.29, 0.717) is 5.25 Å². The summed E-state index contributed by atoms with van der Waals surface area (Å²) in [7, 11) is 0. The van der Waals surface area contributed by atoms with E-state index in [1.807, 2.05) is 17.8 Å². The van der Waals surface area contributed by atoms with Crippen LogP contribution in [0.1, 0.15) is 27.7 Å². The molecule has 0 amide bonds. The van der Waals surface area contributed by atoms with E-state index in [1.54, 1.807) is 0 Å². The molecule has 1 rings (SSSR count). The molecule has 0 aliphatic carbocycles. The number of hydrogen-bond donors (Lipinski definition) is 1. The third kappa shape index (κ3) is 3.79. The van der Waals surface area contributed by atoms with Gasteiger partial charge < -0.3 is 5.73 Å². The molecule has 0 aromatic heterocycles. The van der Waals surface area contributed by atoms with E-state index in [2.05, 4.69) is 61.8 Å². The van der Waals surface area contributed by atoms with Crippen molar-refractivity contribution in [3.05, 3.63) is 28.7 Å². The number of rotatable bonds is 3. The smallest absolute Gasteiger partial charge is 0.0311 e. The molecule has 1 aromatic rings. The fourth-order valence-corrected chi connectivity index (χ4v) is 3.49. The van der Waals surface area contributed by atoms with Crippen LogP contribution in [0.25, 0.3) is 0 Å². The molecule has 3 heteroatoms. The highest BCUT2D eigenvalue weighted by Gasteiger charge is 2.29. The Bertz CT molecular complexity index is 344. The summed E-state index contributed by atoms with van der Waals surface area (Å²) in [6, 6.07) is 8.48. The molecule has 0 aliphatic rings. The van der Waals surface area contributed by atoms with Crippen molar-refractivity contribution >= 4 is 27.7 Å². The van der Waals surface area contributed by atoms with Crippen LogP contribution in [0.5, 0.6) is 0 Å². The summed E-state index contributed by atoms with van der Waals surface area (Å²) in [4.78, 5) is 1.26. The molecule has 1 nitrogen and oxygen atoms in total. The van der Waals surface area contributed by atoms with Crippen LogP contribution in [-0.4, -0.2) is 11.3 Å². The summed E-state index contributed by atoms with van der Waals surface area (Å²) in [6.45, 7) is 8.81. The van der Waals surface area contributed by atoms with Gasteiger partial charge in [0.1, 0.15) is 0 Å². The highest BCUT2D eigenvalue weighted by molar-refractivity contribution is 9.10. The predicted octanol–water partition coefficient (Wildman–Crippen LogP) is 4.30. The molecule has 0 saturated carbocycles. The van der Waals surface area contributed by atoms with Gasteiger partial charge in [0.05, 0.1) is 0 Å². The van der Waals surface area contributed by atoms with Crippen LogP contribution in [0.3, 0.4) is 0 Å². The number of hydrogen-bond acceptors (Lipinski definition) is 2. The maximum atomic E-state index is 6.08. The maximum absolute atomic E-state index is 6.08. The largest absolute Gasteiger partial charge is 0.327 e. The first-order valence-corrected chi connectivity index (χ1v) is 7.16. The molecule has 0 aliphatic heterocycles. The van der Waals surface area contributed by atoms with Gasteiger partial charge in [-0.2, -0.15) is 0 Å². The Labute approximate surface area is 111 Å². The highest BCUT2D eigenvalue weighted by Crippen LogP contribution is 2.39. The third-order valence-electron chi connectivity index (χ3n) is 2.42. The van der Waals surface area contributed by atoms with E-state index in [-0.39, 0.29) is 11.5 Å². The van der Waals surface area contributed by atoms with E-state index in [1.165, 1.54) is 4.90 Å². The van der Waals surface area contributed by atoms with Crippen molar-refractivity contribution in [1.82, 2.24) is 0 Å². The standard InChI is InChI=1S/C13H20BrNS/c1-9(15)12(13(2,3)4)16-11-8-6-5-7-10(11)14/h5-9,12H,15H2,1-4H3. The summed E-state index contributed by atoms with van der Waals surface area (Å²) in [5.41, 5.74) is 6.29. The zero-order chi connectivity index (χ0) is 12.3. The molecule has 0 spiro atoms. The van der Waals surface area contributed by atoms with E-state index in [4.69, 9.17) is 5.73 Å². The molecule has 0 bridgehead atoms. The first-order chi connectivity index (χ1) is 7.32.